The normalized spacial score (nSPS) is 0. The van der Waals surface area contributed by atoms with Crippen LogP contribution < -0.4 is 28.2 Å². The molecule has 8 heavy (non-hydrogen) atoms. The van der Waals surface area contributed by atoms with Crippen LogP contribution in [0.25, 0.3) is 0 Å². The van der Waals surface area contributed by atoms with Gasteiger partial charge >= 0.3 is 40.2 Å². The van der Waals surface area contributed by atoms with Crippen molar-refractivity contribution in [2.75, 3.05) is 0 Å². The van der Waals surface area contributed by atoms with Gasteiger partial charge in [-0.15, -0.1) is 0 Å². The van der Waals surface area contributed by atoms with Gasteiger partial charge in [0.1, 0.15) is 0 Å². The third-order valence-corrected chi connectivity index (χ3v) is 0. The van der Waals surface area contributed by atoms with E-state index in [2.05, 4.69) is 0 Å². The van der Waals surface area contributed by atoms with E-state index in [4.69, 9.17) is 0 Å². The summed E-state index contributed by atoms with van der Waals surface area (Å²) in [4.78, 5) is 0. The molecule has 0 aromatic heterocycles. The molecule has 0 saturated heterocycles. The Labute approximate surface area is 68.7 Å². The zero-order valence-electron chi connectivity index (χ0n) is 2.93. The smallest absolute Gasteiger partial charge is 1.00 e. The fourth-order valence-corrected chi connectivity index (χ4v) is 0. The average molecular weight is 498 g/mol. The van der Waals surface area contributed by atoms with Gasteiger partial charge in [0.25, 0.3) is 0 Å². The van der Waals surface area contributed by atoms with Crippen molar-refractivity contribution in [1.29, 1.82) is 0 Å². The van der Waals surface area contributed by atoms with Crippen molar-refractivity contribution in [1.82, 2.24) is 0 Å². The van der Waals surface area contributed by atoms with Gasteiger partial charge in [0.2, 0.25) is 0 Å². The zero-order valence-corrected chi connectivity index (χ0v) is 7.72. The molecule has 0 heterocycles. The van der Waals surface area contributed by atoms with Crippen molar-refractivity contribution in [2.24, 2.45) is 0 Å². The third kappa shape index (κ3) is 308. The summed E-state index contributed by atoms with van der Waals surface area (Å²) < 4.78 is 0. The van der Waals surface area contributed by atoms with Crippen molar-refractivity contribution in [3.63, 3.8) is 0 Å². The Morgan fingerprint density at radius 1 is 0.250 bits per heavy atom. The van der Waals surface area contributed by atoms with Crippen LogP contribution in [0.2, 0.25) is 0 Å². The standard InChI is InChI=1S/6FH.2Ir/h6*1H;;/q;;;;;;2*+3/p-6. The molecule has 0 aromatic rings. The molecular formula is F6Ir2. The quantitative estimate of drug-likeness (QED) is 0.291. The molecule has 0 fully saturated rings. The molecule has 0 bridgehead atoms. The van der Waals surface area contributed by atoms with Crippen LogP contribution in [0.15, 0.2) is 0 Å². The van der Waals surface area contributed by atoms with Crippen LogP contribution in [0.5, 0.6) is 0 Å². The van der Waals surface area contributed by atoms with E-state index in [1.54, 1.807) is 0 Å². The Hall–Kier alpha value is 0.879. The van der Waals surface area contributed by atoms with Gasteiger partial charge in [-0.25, -0.2) is 0 Å². The minimum absolute atomic E-state index is 0. The molecule has 0 saturated carbocycles. The molecule has 0 aliphatic carbocycles. The van der Waals surface area contributed by atoms with Crippen LogP contribution in [0, 0.1) is 0 Å². The summed E-state index contributed by atoms with van der Waals surface area (Å²) in [7, 11) is 0. The third-order valence-electron chi connectivity index (χ3n) is 0. The second-order valence-electron chi connectivity index (χ2n) is 0. The minimum atomic E-state index is 0. The average Bonchev–Trinajstić information content (AvgIpc) is 0. The maximum atomic E-state index is 0. The van der Waals surface area contributed by atoms with Crippen LogP contribution in [0.4, 0.5) is 0 Å². The van der Waals surface area contributed by atoms with Gasteiger partial charge in [-0.05, 0) is 0 Å². The van der Waals surface area contributed by atoms with Crippen LogP contribution in [-0.2, 0) is 40.2 Å². The summed E-state index contributed by atoms with van der Waals surface area (Å²) in [6, 6.07) is 0. The first kappa shape index (κ1) is 714. The van der Waals surface area contributed by atoms with Gasteiger partial charge in [0, 0.05) is 0 Å². The summed E-state index contributed by atoms with van der Waals surface area (Å²) in [5, 5.41) is 0. The topological polar surface area (TPSA) is 0 Å². The van der Waals surface area contributed by atoms with Crippen molar-refractivity contribution in [2.45, 2.75) is 0 Å². The Balaban J connectivity index is 0. The first-order chi connectivity index (χ1) is 0. The number of rotatable bonds is 0. The Kier molecular flexibility index (Phi) is 43100. The summed E-state index contributed by atoms with van der Waals surface area (Å²) >= 11 is 0. The molecule has 0 atom stereocenters. The predicted octanol–water partition coefficient (Wildman–Crippen LogP) is -18.0. The SMILES string of the molecule is [F-].[F-].[F-].[F-].[F-].[F-].[Ir+3].[Ir+3]. The molecule has 0 unspecified atom stereocenters. The molecule has 0 aliphatic rings. The van der Waals surface area contributed by atoms with Gasteiger partial charge in [-0.1, -0.05) is 0 Å². The molecule has 0 amide bonds. The van der Waals surface area contributed by atoms with E-state index in [-0.39, 0.29) is 68.4 Å². The second kappa shape index (κ2) is 483. The zero-order chi connectivity index (χ0) is 0. The first-order valence-corrected chi connectivity index (χ1v) is 0. The van der Waals surface area contributed by atoms with Crippen LogP contribution >= 0.6 is 0 Å². The van der Waals surface area contributed by atoms with E-state index in [0.717, 1.165) is 0 Å². The van der Waals surface area contributed by atoms with E-state index >= 15 is 0 Å². The van der Waals surface area contributed by atoms with Crippen LogP contribution in [-0.4, -0.2) is 0 Å². The van der Waals surface area contributed by atoms with Crippen LogP contribution in [0.1, 0.15) is 0 Å². The Morgan fingerprint density at radius 3 is 0.250 bits per heavy atom. The molecule has 0 aliphatic heterocycles. The fourth-order valence-electron chi connectivity index (χ4n) is 0. The van der Waals surface area contributed by atoms with Crippen molar-refractivity contribution in [3.05, 3.63) is 0 Å². The molecule has 0 radical (unpaired) electrons. The molecule has 0 aromatic carbocycles. The molecule has 8 heteroatoms. The predicted molar refractivity (Wildman–Crippen MR) is 0 cm³/mol. The largest absolute Gasteiger partial charge is 3.00 e. The Morgan fingerprint density at radius 2 is 0.250 bits per heavy atom. The Bertz CT molecular complexity index is 6.49. The molecule has 60 valence electrons. The first-order valence-electron chi connectivity index (χ1n) is 0. The van der Waals surface area contributed by atoms with Gasteiger partial charge in [0.05, 0.1) is 0 Å². The van der Waals surface area contributed by atoms with Gasteiger partial charge in [0.15, 0.2) is 0 Å². The van der Waals surface area contributed by atoms with Crippen molar-refractivity contribution >= 4 is 0 Å². The fraction of sp³-hybridized carbons (Fsp3) is 0. The number of halogens is 6. The maximum Gasteiger partial charge on any atom is 3.00 e. The van der Waals surface area contributed by atoms with E-state index in [0.29, 0.717) is 0 Å². The summed E-state index contributed by atoms with van der Waals surface area (Å²) in [5.74, 6) is 0. The van der Waals surface area contributed by atoms with E-state index in [1.165, 1.54) is 0 Å². The molecule has 0 rings (SSSR count). The monoisotopic (exact) mass is 500 g/mol. The maximum absolute atomic E-state index is 0. The van der Waals surface area contributed by atoms with Gasteiger partial charge in [-0.2, -0.15) is 0 Å². The number of hydrogen-bond donors (Lipinski definition) is 0. The minimum Gasteiger partial charge on any atom is -1.00 e. The molecule has 0 nitrogen and oxygen atoms in total. The second-order valence-corrected chi connectivity index (χ2v) is 0. The molecular weight excluding hydrogens is 498 g/mol. The van der Waals surface area contributed by atoms with Crippen molar-refractivity contribution < 1.29 is 68.4 Å². The van der Waals surface area contributed by atoms with E-state index in [9.17, 15) is 0 Å². The van der Waals surface area contributed by atoms with E-state index < -0.39 is 0 Å². The van der Waals surface area contributed by atoms with Gasteiger partial charge in [-0.3, -0.25) is 0 Å². The molecule has 0 spiro atoms. The summed E-state index contributed by atoms with van der Waals surface area (Å²) in [6.45, 7) is 0. The molecule has 0 N–H and O–H groups in total. The summed E-state index contributed by atoms with van der Waals surface area (Å²) in [6.07, 6.45) is 0. The van der Waals surface area contributed by atoms with Crippen LogP contribution in [0.3, 0.4) is 0 Å². The van der Waals surface area contributed by atoms with E-state index in [1.807, 2.05) is 0 Å². The van der Waals surface area contributed by atoms with Crippen molar-refractivity contribution in [3.8, 4) is 0 Å². The van der Waals surface area contributed by atoms with Gasteiger partial charge < -0.3 is 28.2 Å². The number of hydrogen-bond acceptors (Lipinski definition) is 0. The summed E-state index contributed by atoms with van der Waals surface area (Å²) in [5.41, 5.74) is 0.